The summed E-state index contributed by atoms with van der Waals surface area (Å²) in [5, 5.41) is 0.303. The molecule has 1 saturated heterocycles. The fourth-order valence-electron chi connectivity index (χ4n) is 3.22. The van der Waals surface area contributed by atoms with Gasteiger partial charge >= 0.3 is 0 Å². The molecule has 1 aliphatic rings. The first-order chi connectivity index (χ1) is 14.7. The molecule has 0 unspecified atom stereocenters. The molecule has 0 saturated carbocycles. The van der Waals surface area contributed by atoms with Crippen molar-refractivity contribution in [1.29, 1.82) is 0 Å². The number of hydrogen-bond acceptors (Lipinski definition) is 5. The highest BCUT2D eigenvalue weighted by molar-refractivity contribution is 6.74. The van der Waals surface area contributed by atoms with Gasteiger partial charge in [0.05, 0.1) is 18.8 Å². The van der Waals surface area contributed by atoms with Gasteiger partial charge in [0.25, 0.3) is 0 Å². The first-order valence-corrected chi connectivity index (χ1v) is 18.2. The molecule has 190 valence electrons. The molecule has 33 heavy (non-hydrogen) atoms. The second-order valence-corrected chi connectivity index (χ2v) is 23.1. The number of nitrogens with zero attached hydrogens (tertiary/aromatic N) is 1. The summed E-state index contributed by atoms with van der Waals surface area (Å²) in [6, 6.07) is 4.01. The fraction of sp³-hybridized carbons (Fsp3) is 0.808. The normalized spacial score (nSPS) is 23.1. The van der Waals surface area contributed by atoms with Crippen molar-refractivity contribution in [2.24, 2.45) is 0 Å². The lowest BCUT2D eigenvalue weighted by Gasteiger charge is -2.40. The molecule has 0 radical (unpaired) electrons. The molecule has 1 fully saturated rings. The van der Waals surface area contributed by atoms with Crippen molar-refractivity contribution in [3.05, 3.63) is 23.9 Å². The van der Waals surface area contributed by atoms with Crippen molar-refractivity contribution < 1.29 is 18.3 Å². The fourth-order valence-corrected chi connectivity index (χ4v) is 5.59. The van der Waals surface area contributed by atoms with E-state index in [2.05, 4.69) is 78.8 Å². The number of ether oxygens (including phenoxy) is 2. The average Bonchev–Trinajstić information content (AvgIpc) is 2.99. The standard InChI is InChI=1S/C26H49NO4Si2/c1-24(2,3)30-23-15-14-19(17-27-23)20-16-21(31-33(12,13)26(7,8)9)22(29-20)18-28-32(10,11)25(4,5)6/h14-15,17,20-22H,16,18H2,1-13H3/t20-,21+,22-/m1/s1. The van der Waals surface area contributed by atoms with Crippen LogP contribution in [-0.4, -0.2) is 46.0 Å². The Balaban J connectivity index is 2.21. The zero-order valence-corrected chi connectivity index (χ0v) is 25.5. The van der Waals surface area contributed by atoms with E-state index in [1.807, 2.05) is 33.0 Å². The highest BCUT2D eigenvalue weighted by Gasteiger charge is 2.46. The monoisotopic (exact) mass is 495 g/mol. The van der Waals surface area contributed by atoms with Crippen LogP contribution in [0.4, 0.5) is 0 Å². The maximum Gasteiger partial charge on any atom is 0.213 e. The SMILES string of the molecule is CC(C)(C)Oc1ccc([C@H]2C[C@H](O[Si](C)(C)C(C)(C)C)[C@@H](CO[Si](C)(C)C(C)(C)C)O2)cn1. The average molecular weight is 496 g/mol. The summed E-state index contributed by atoms with van der Waals surface area (Å²) < 4.78 is 25.9. The first kappa shape index (κ1) is 28.5. The van der Waals surface area contributed by atoms with Gasteiger partial charge in [-0.05, 0) is 68.7 Å². The maximum atomic E-state index is 6.87. The summed E-state index contributed by atoms with van der Waals surface area (Å²) in [4.78, 5) is 4.53. The van der Waals surface area contributed by atoms with E-state index in [9.17, 15) is 0 Å². The van der Waals surface area contributed by atoms with Gasteiger partial charge in [0.2, 0.25) is 5.88 Å². The molecule has 2 heterocycles. The number of hydrogen-bond donors (Lipinski definition) is 0. The molecule has 5 nitrogen and oxygen atoms in total. The number of rotatable bonds is 7. The van der Waals surface area contributed by atoms with Gasteiger partial charge in [-0.25, -0.2) is 4.98 Å². The highest BCUT2D eigenvalue weighted by atomic mass is 28.4. The van der Waals surface area contributed by atoms with Crippen molar-refractivity contribution in [2.45, 2.75) is 129 Å². The third-order valence-electron chi connectivity index (χ3n) is 7.41. The van der Waals surface area contributed by atoms with E-state index in [4.69, 9.17) is 18.3 Å². The quantitative estimate of drug-likeness (QED) is 0.366. The second kappa shape index (κ2) is 9.72. The Bertz CT molecular complexity index is 773. The molecular formula is C26H49NO4Si2. The summed E-state index contributed by atoms with van der Waals surface area (Å²) in [6.45, 7) is 29.5. The second-order valence-electron chi connectivity index (χ2n) is 13.5. The van der Waals surface area contributed by atoms with Crippen LogP contribution in [0.1, 0.15) is 80.4 Å². The molecule has 0 aliphatic carbocycles. The Morgan fingerprint density at radius 2 is 1.48 bits per heavy atom. The van der Waals surface area contributed by atoms with Crippen molar-refractivity contribution in [3.8, 4) is 5.88 Å². The molecule has 0 amide bonds. The molecule has 1 aromatic heterocycles. The van der Waals surface area contributed by atoms with E-state index in [1.54, 1.807) is 0 Å². The van der Waals surface area contributed by atoms with Crippen LogP contribution < -0.4 is 4.74 Å². The van der Waals surface area contributed by atoms with Crippen LogP contribution in [0.25, 0.3) is 0 Å². The lowest BCUT2D eigenvalue weighted by molar-refractivity contribution is -0.0165. The van der Waals surface area contributed by atoms with Crippen LogP contribution in [0, 0.1) is 0 Å². The molecular weight excluding hydrogens is 446 g/mol. The van der Waals surface area contributed by atoms with Crippen molar-refractivity contribution in [2.75, 3.05) is 6.61 Å². The van der Waals surface area contributed by atoms with Gasteiger partial charge in [0.15, 0.2) is 16.6 Å². The first-order valence-electron chi connectivity index (χ1n) is 12.3. The molecule has 2 rings (SSSR count). The zero-order chi connectivity index (χ0) is 25.5. The summed E-state index contributed by atoms with van der Waals surface area (Å²) >= 11 is 0. The van der Waals surface area contributed by atoms with Gasteiger partial charge in [0, 0.05) is 18.7 Å². The van der Waals surface area contributed by atoms with E-state index in [-0.39, 0.29) is 34.0 Å². The highest BCUT2D eigenvalue weighted by Crippen LogP contribution is 2.43. The minimum Gasteiger partial charge on any atom is -0.472 e. The summed E-state index contributed by atoms with van der Waals surface area (Å²) in [6.07, 6.45) is 2.59. The predicted molar refractivity (Wildman–Crippen MR) is 142 cm³/mol. The van der Waals surface area contributed by atoms with Crippen LogP contribution in [0.15, 0.2) is 18.3 Å². The smallest absolute Gasteiger partial charge is 0.213 e. The summed E-state index contributed by atoms with van der Waals surface area (Å²) in [7, 11) is -3.83. The Morgan fingerprint density at radius 3 is 1.94 bits per heavy atom. The van der Waals surface area contributed by atoms with Gasteiger partial charge in [-0.15, -0.1) is 0 Å². The van der Waals surface area contributed by atoms with Crippen molar-refractivity contribution >= 4 is 16.6 Å². The van der Waals surface area contributed by atoms with Crippen LogP contribution in [0.3, 0.4) is 0 Å². The Labute approximate surface area is 205 Å². The van der Waals surface area contributed by atoms with E-state index < -0.39 is 16.6 Å². The third kappa shape index (κ3) is 7.62. The van der Waals surface area contributed by atoms with Gasteiger partial charge in [-0.1, -0.05) is 41.5 Å². The lowest BCUT2D eigenvalue weighted by Crippen LogP contribution is -2.48. The van der Waals surface area contributed by atoms with E-state index in [0.717, 1.165) is 12.0 Å². The summed E-state index contributed by atoms with van der Waals surface area (Å²) in [5.41, 5.74) is 0.794. The molecule has 0 spiro atoms. The molecule has 0 bridgehead atoms. The largest absolute Gasteiger partial charge is 0.472 e. The minimum absolute atomic E-state index is 0.0196. The Kier molecular flexibility index (Phi) is 8.40. The molecule has 7 heteroatoms. The van der Waals surface area contributed by atoms with E-state index in [1.165, 1.54) is 0 Å². The van der Waals surface area contributed by atoms with Gasteiger partial charge < -0.3 is 18.3 Å². The van der Waals surface area contributed by atoms with Crippen LogP contribution >= 0.6 is 0 Å². The molecule has 0 N–H and O–H groups in total. The number of pyridine rings is 1. The van der Waals surface area contributed by atoms with Crippen molar-refractivity contribution in [3.63, 3.8) is 0 Å². The van der Waals surface area contributed by atoms with Crippen molar-refractivity contribution in [1.82, 2.24) is 4.98 Å². The lowest BCUT2D eigenvalue weighted by atomic mass is 10.1. The van der Waals surface area contributed by atoms with E-state index >= 15 is 0 Å². The van der Waals surface area contributed by atoms with Crippen LogP contribution in [0.5, 0.6) is 5.88 Å². The topological polar surface area (TPSA) is 49.8 Å². The Morgan fingerprint density at radius 1 is 0.909 bits per heavy atom. The zero-order valence-electron chi connectivity index (χ0n) is 23.5. The predicted octanol–water partition coefficient (Wildman–Crippen LogP) is 7.50. The molecule has 0 aromatic carbocycles. The van der Waals surface area contributed by atoms with Crippen LogP contribution in [-0.2, 0) is 13.6 Å². The number of aromatic nitrogens is 1. The molecule has 3 atom stereocenters. The maximum absolute atomic E-state index is 6.87. The van der Waals surface area contributed by atoms with E-state index in [0.29, 0.717) is 12.5 Å². The molecule has 1 aliphatic heterocycles. The van der Waals surface area contributed by atoms with Gasteiger partial charge in [-0.3, -0.25) is 0 Å². The third-order valence-corrected chi connectivity index (χ3v) is 16.4. The van der Waals surface area contributed by atoms with Crippen LogP contribution in [0.2, 0.25) is 36.3 Å². The molecule has 1 aromatic rings. The summed E-state index contributed by atoms with van der Waals surface area (Å²) in [5.74, 6) is 0.635. The Hall–Kier alpha value is -0.736. The van der Waals surface area contributed by atoms with Gasteiger partial charge in [0.1, 0.15) is 11.7 Å². The minimum atomic E-state index is -1.95. The van der Waals surface area contributed by atoms with Gasteiger partial charge in [-0.2, -0.15) is 0 Å².